The quantitative estimate of drug-likeness (QED) is 0.471. The molecule has 4 nitrogen and oxygen atoms in total. The summed E-state index contributed by atoms with van der Waals surface area (Å²) in [6.45, 7) is 5.86. The molecular weight excluding hydrogens is 189 g/mol. The second-order valence-corrected chi connectivity index (χ2v) is 4.86. The van der Waals surface area contributed by atoms with E-state index in [1.165, 1.54) is 0 Å². The summed E-state index contributed by atoms with van der Waals surface area (Å²) in [5.74, 6) is 0. The summed E-state index contributed by atoms with van der Waals surface area (Å²) in [4.78, 5) is 9.18. The van der Waals surface area contributed by atoms with Gasteiger partial charge >= 0.3 is 7.60 Å². The minimum absolute atomic E-state index is 0.248. The highest BCUT2D eigenvalue weighted by atomic mass is 31.2. The monoisotopic (exact) mass is 209 g/mol. The van der Waals surface area contributed by atoms with Crippen molar-refractivity contribution >= 4 is 7.60 Å². The molecule has 0 spiro atoms. The zero-order valence-electron chi connectivity index (χ0n) is 8.45. The summed E-state index contributed by atoms with van der Waals surface area (Å²) in [7, 11) is -3.28. The second-order valence-electron chi connectivity index (χ2n) is 2.88. The van der Waals surface area contributed by atoms with Crippen molar-refractivity contribution in [3.8, 4) is 0 Å². The Balaban J connectivity index is 3.35. The van der Waals surface area contributed by atoms with Crippen molar-refractivity contribution in [3.63, 3.8) is 0 Å². The van der Waals surface area contributed by atoms with E-state index in [0.29, 0.717) is 13.0 Å². The van der Waals surface area contributed by atoms with Crippen molar-refractivity contribution in [1.29, 1.82) is 0 Å². The Kier molecular flexibility index (Phi) is 7.57. The Morgan fingerprint density at radius 1 is 1.38 bits per heavy atom. The molecule has 0 aliphatic heterocycles. The third kappa shape index (κ3) is 8.44. The maximum atomic E-state index is 11.2. The van der Waals surface area contributed by atoms with E-state index in [2.05, 4.69) is 12.2 Å². The van der Waals surface area contributed by atoms with Crippen LogP contribution in [0.2, 0.25) is 0 Å². The van der Waals surface area contributed by atoms with Crippen molar-refractivity contribution in [3.05, 3.63) is 0 Å². The fourth-order valence-electron chi connectivity index (χ4n) is 0.972. The number of rotatable bonds is 8. The van der Waals surface area contributed by atoms with Crippen LogP contribution in [0, 0.1) is 0 Å². The summed E-state index contributed by atoms with van der Waals surface area (Å²) >= 11 is 0. The number of hydrogen-bond acceptors (Lipinski definition) is 3. The Labute approximate surface area is 80.2 Å². The highest BCUT2D eigenvalue weighted by molar-refractivity contribution is 7.52. The topological polar surface area (TPSA) is 58.6 Å². The Hall–Kier alpha value is 0.110. The molecule has 0 fully saturated rings. The summed E-state index contributed by atoms with van der Waals surface area (Å²) in [5, 5.41) is 3.16. The van der Waals surface area contributed by atoms with Crippen molar-refractivity contribution in [2.45, 2.75) is 26.7 Å². The third-order valence-electron chi connectivity index (χ3n) is 1.55. The molecule has 0 aliphatic rings. The SMILES string of the molecule is CCCNCCCP(=O)(O)OCC. The maximum Gasteiger partial charge on any atom is 0.328 e. The van der Waals surface area contributed by atoms with Gasteiger partial charge in [-0.1, -0.05) is 6.92 Å². The van der Waals surface area contributed by atoms with E-state index in [4.69, 9.17) is 4.52 Å². The molecule has 1 atom stereocenters. The van der Waals surface area contributed by atoms with Crippen LogP contribution < -0.4 is 5.32 Å². The molecule has 0 aromatic rings. The average molecular weight is 209 g/mol. The standard InChI is InChI=1S/C8H20NO3P/c1-3-6-9-7-5-8-13(10,11)12-4-2/h9H,3-8H2,1-2H3,(H,10,11). The maximum absolute atomic E-state index is 11.2. The molecule has 0 radical (unpaired) electrons. The van der Waals surface area contributed by atoms with Gasteiger partial charge in [-0.05, 0) is 32.9 Å². The van der Waals surface area contributed by atoms with Crippen LogP contribution >= 0.6 is 7.60 Å². The first-order chi connectivity index (χ1) is 6.12. The zero-order chi connectivity index (χ0) is 10.2. The van der Waals surface area contributed by atoms with E-state index in [1.807, 2.05) is 0 Å². The second kappa shape index (κ2) is 7.51. The van der Waals surface area contributed by atoms with Gasteiger partial charge in [0.2, 0.25) is 0 Å². The Bertz CT molecular complexity index is 163. The van der Waals surface area contributed by atoms with E-state index < -0.39 is 7.60 Å². The van der Waals surface area contributed by atoms with Gasteiger partial charge in [-0.2, -0.15) is 0 Å². The van der Waals surface area contributed by atoms with Crippen LogP contribution in [-0.2, 0) is 9.09 Å². The first-order valence-electron chi connectivity index (χ1n) is 4.79. The van der Waals surface area contributed by atoms with Gasteiger partial charge in [-0.25, -0.2) is 0 Å². The molecule has 5 heteroatoms. The molecule has 0 saturated carbocycles. The molecule has 0 saturated heterocycles. The first-order valence-corrected chi connectivity index (χ1v) is 6.55. The minimum Gasteiger partial charge on any atom is -0.324 e. The van der Waals surface area contributed by atoms with Gasteiger partial charge in [0.05, 0.1) is 12.8 Å². The molecule has 0 bridgehead atoms. The molecule has 1 unspecified atom stereocenters. The predicted molar refractivity (Wildman–Crippen MR) is 54.1 cm³/mol. The molecule has 0 aliphatic carbocycles. The molecule has 80 valence electrons. The van der Waals surface area contributed by atoms with E-state index >= 15 is 0 Å². The number of hydrogen-bond donors (Lipinski definition) is 2. The van der Waals surface area contributed by atoms with Crippen LogP contribution in [0.3, 0.4) is 0 Å². The normalized spacial score (nSPS) is 15.6. The molecule has 0 rings (SSSR count). The fraction of sp³-hybridized carbons (Fsp3) is 1.00. The van der Waals surface area contributed by atoms with Gasteiger partial charge in [0.1, 0.15) is 0 Å². The van der Waals surface area contributed by atoms with Gasteiger partial charge in [-0.15, -0.1) is 0 Å². The highest BCUT2D eigenvalue weighted by Crippen LogP contribution is 2.41. The van der Waals surface area contributed by atoms with Crippen LogP contribution in [0.1, 0.15) is 26.7 Å². The minimum atomic E-state index is -3.28. The van der Waals surface area contributed by atoms with Crippen molar-refractivity contribution in [2.24, 2.45) is 0 Å². The van der Waals surface area contributed by atoms with Crippen molar-refractivity contribution < 1.29 is 14.0 Å². The van der Waals surface area contributed by atoms with Crippen LogP contribution in [0.4, 0.5) is 0 Å². The lowest BCUT2D eigenvalue weighted by Crippen LogP contribution is -2.17. The summed E-state index contributed by atoms with van der Waals surface area (Å²) in [6.07, 6.45) is 2.02. The van der Waals surface area contributed by atoms with Crippen LogP contribution in [0.15, 0.2) is 0 Å². The van der Waals surface area contributed by atoms with Crippen molar-refractivity contribution in [2.75, 3.05) is 25.9 Å². The molecule has 0 heterocycles. The molecule has 0 aromatic heterocycles. The van der Waals surface area contributed by atoms with Crippen LogP contribution in [0.5, 0.6) is 0 Å². The lowest BCUT2D eigenvalue weighted by Gasteiger charge is -2.10. The smallest absolute Gasteiger partial charge is 0.324 e. The summed E-state index contributed by atoms with van der Waals surface area (Å²) in [6, 6.07) is 0. The Morgan fingerprint density at radius 3 is 2.62 bits per heavy atom. The molecule has 0 amide bonds. The Morgan fingerprint density at radius 2 is 2.08 bits per heavy atom. The van der Waals surface area contributed by atoms with E-state index in [9.17, 15) is 9.46 Å². The van der Waals surface area contributed by atoms with Gasteiger partial charge in [0.15, 0.2) is 0 Å². The first kappa shape index (κ1) is 13.1. The molecule has 13 heavy (non-hydrogen) atoms. The van der Waals surface area contributed by atoms with E-state index in [1.54, 1.807) is 6.92 Å². The average Bonchev–Trinajstić information content (AvgIpc) is 2.04. The summed E-state index contributed by atoms with van der Waals surface area (Å²) < 4.78 is 15.9. The summed E-state index contributed by atoms with van der Waals surface area (Å²) in [5.41, 5.74) is 0. The van der Waals surface area contributed by atoms with Gasteiger partial charge in [0.25, 0.3) is 0 Å². The van der Waals surface area contributed by atoms with Crippen LogP contribution in [0.25, 0.3) is 0 Å². The number of nitrogens with one attached hydrogen (secondary N) is 1. The lowest BCUT2D eigenvalue weighted by molar-refractivity contribution is 0.273. The third-order valence-corrected chi connectivity index (χ3v) is 3.09. The molecular formula is C8H20NO3P. The van der Waals surface area contributed by atoms with Crippen molar-refractivity contribution in [1.82, 2.24) is 5.32 Å². The highest BCUT2D eigenvalue weighted by Gasteiger charge is 2.16. The lowest BCUT2D eigenvalue weighted by atomic mass is 10.4. The van der Waals surface area contributed by atoms with Gasteiger partial charge < -0.3 is 14.7 Å². The molecule has 2 N–H and O–H groups in total. The van der Waals surface area contributed by atoms with Crippen LogP contribution in [-0.4, -0.2) is 30.8 Å². The van der Waals surface area contributed by atoms with Gasteiger partial charge in [-0.3, -0.25) is 4.57 Å². The largest absolute Gasteiger partial charge is 0.328 e. The fourth-order valence-corrected chi connectivity index (χ4v) is 2.06. The zero-order valence-corrected chi connectivity index (χ0v) is 9.35. The van der Waals surface area contributed by atoms with E-state index in [0.717, 1.165) is 19.5 Å². The van der Waals surface area contributed by atoms with Gasteiger partial charge in [0, 0.05) is 0 Å². The molecule has 0 aromatic carbocycles. The van der Waals surface area contributed by atoms with E-state index in [-0.39, 0.29) is 6.16 Å². The predicted octanol–water partition coefficient (Wildman–Crippen LogP) is 1.60.